The highest BCUT2D eigenvalue weighted by Gasteiger charge is 2.38. The molecule has 0 saturated carbocycles. The Morgan fingerprint density at radius 1 is 0.277 bits per heavy atom. The molecule has 0 aliphatic heterocycles. The standard InChI is InChI=1S/C64H47N/c1-63(2)55-30-13-11-26-47(55)49-34-32-45(37-57(49)63)65(46-33-35-50-48-27-12-14-31-56(48)64(3,4)58(50)38-46)44-25-15-24-43(36-44)54-39-53(40-18-7-5-8-19-40)61-51-28-16-22-41-23-17-29-52(59(41)51)62(61)60(54)42-20-9-6-10-21-42/h5-39H,1-4H3. The van der Waals surface area contributed by atoms with Crippen LogP contribution in [0.3, 0.4) is 0 Å². The normalized spacial score (nSPS) is 14.1. The summed E-state index contributed by atoms with van der Waals surface area (Å²) in [5.41, 5.74) is 26.5. The van der Waals surface area contributed by atoms with Crippen LogP contribution < -0.4 is 4.90 Å². The number of nitrogens with zero attached hydrogens (tertiary/aromatic N) is 1. The summed E-state index contributed by atoms with van der Waals surface area (Å²) < 4.78 is 0. The molecule has 10 aromatic rings. The zero-order valence-electron chi connectivity index (χ0n) is 37.2. The van der Waals surface area contributed by atoms with Crippen molar-refractivity contribution in [2.24, 2.45) is 0 Å². The van der Waals surface area contributed by atoms with Crippen LogP contribution in [0.5, 0.6) is 0 Å². The van der Waals surface area contributed by atoms with Crippen molar-refractivity contribution in [3.63, 3.8) is 0 Å². The molecule has 0 heterocycles. The van der Waals surface area contributed by atoms with Gasteiger partial charge < -0.3 is 4.90 Å². The number of fused-ring (bicyclic) bond motifs is 9. The van der Waals surface area contributed by atoms with E-state index in [0.29, 0.717) is 0 Å². The molecule has 0 bridgehead atoms. The monoisotopic (exact) mass is 829 g/mol. The summed E-state index contributed by atoms with van der Waals surface area (Å²) in [5.74, 6) is 0. The van der Waals surface area contributed by atoms with Gasteiger partial charge in [-0.15, -0.1) is 0 Å². The molecule has 1 heteroatoms. The van der Waals surface area contributed by atoms with E-state index < -0.39 is 0 Å². The van der Waals surface area contributed by atoms with Crippen LogP contribution in [-0.4, -0.2) is 0 Å². The van der Waals surface area contributed by atoms with Crippen molar-refractivity contribution in [3.8, 4) is 77.9 Å². The maximum Gasteiger partial charge on any atom is 0.0467 e. The average Bonchev–Trinajstić information content (AvgIpc) is 3.89. The molecule has 10 aromatic carbocycles. The highest BCUT2D eigenvalue weighted by molar-refractivity contribution is 6.22. The predicted molar refractivity (Wildman–Crippen MR) is 274 cm³/mol. The van der Waals surface area contributed by atoms with Crippen molar-refractivity contribution in [3.05, 3.63) is 235 Å². The van der Waals surface area contributed by atoms with E-state index in [4.69, 9.17) is 0 Å². The Morgan fingerprint density at radius 2 is 0.723 bits per heavy atom. The van der Waals surface area contributed by atoms with Gasteiger partial charge in [0.1, 0.15) is 0 Å². The molecule has 65 heavy (non-hydrogen) atoms. The maximum absolute atomic E-state index is 2.51. The van der Waals surface area contributed by atoms with Gasteiger partial charge in [0.25, 0.3) is 0 Å². The largest absolute Gasteiger partial charge is 0.310 e. The van der Waals surface area contributed by atoms with Gasteiger partial charge in [-0.2, -0.15) is 0 Å². The molecule has 0 saturated heterocycles. The first-order valence-electron chi connectivity index (χ1n) is 23.0. The first kappa shape index (κ1) is 37.8. The summed E-state index contributed by atoms with van der Waals surface area (Å²) in [5, 5.41) is 2.61. The van der Waals surface area contributed by atoms with Crippen LogP contribution >= 0.6 is 0 Å². The first-order chi connectivity index (χ1) is 31.8. The second-order valence-corrected chi connectivity index (χ2v) is 19.2. The van der Waals surface area contributed by atoms with Gasteiger partial charge in [-0.1, -0.05) is 198 Å². The Morgan fingerprint density at radius 3 is 1.32 bits per heavy atom. The van der Waals surface area contributed by atoms with Crippen LogP contribution in [0.25, 0.3) is 88.7 Å². The molecule has 0 unspecified atom stereocenters. The van der Waals surface area contributed by atoms with E-state index in [0.717, 1.165) is 17.1 Å². The predicted octanol–water partition coefficient (Wildman–Crippen LogP) is 17.6. The summed E-state index contributed by atoms with van der Waals surface area (Å²) in [6, 6.07) is 79.7. The Kier molecular flexibility index (Phi) is 8.07. The van der Waals surface area contributed by atoms with E-state index in [1.165, 1.54) is 111 Å². The second-order valence-electron chi connectivity index (χ2n) is 19.2. The molecule has 0 radical (unpaired) electrons. The topological polar surface area (TPSA) is 3.24 Å². The number of anilines is 3. The minimum absolute atomic E-state index is 0.139. The van der Waals surface area contributed by atoms with Crippen LogP contribution in [0.4, 0.5) is 17.1 Å². The molecule has 0 amide bonds. The third-order valence-corrected chi connectivity index (χ3v) is 15.0. The van der Waals surface area contributed by atoms with Crippen LogP contribution in [0.15, 0.2) is 212 Å². The van der Waals surface area contributed by atoms with Gasteiger partial charge in [-0.25, -0.2) is 0 Å². The lowest BCUT2D eigenvalue weighted by molar-refractivity contribution is 0.660. The van der Waals surface area contributed by atoms with Gasteiger partial charge in [0, 0.05) is 27.9 Å². The lowest BCUT2D eigenvalue weighted by Crippen LogP contribution is -2.18. The van der Waals surface area contributed by atoms with E-state index in [-0.39, 0.29) is 10.8 Å². The summed E-state index contributed by atoms with van der Waals surface area (Å²) in [6.45, 7) is 9.51. The fourth-order valence-electron chi connectivity index (χ4n) is 11.9. The van der Waals surface area contributed by atoms with E-state index in [1.54, 1.807) is 0 Å². The molecule has 0 fully saturated rings. The minimum Gasteiger partial charge on any atom is -0.310 e. The molecule has 1 nitrogen and oxygen atoms in total. The summed E-state index contributed by atoms with van der Waals surface area (Å²) >= 11 is 0. The van der Waals surface area contributed by atoms with Gasteiger partial charge in [0.2, 0.25) is 0 Å². The van der Waals surface area contributed by atoms with Crippen LogP contribution in [0.1, 0.15) is 49.9 Å². The van der Waals surface area contributed by atoms with Gasteiger partial charge in [-0.05, 0) is 153 Å². The third-order valence-electron chi connectivity index (χ3n) is 15.0. The first-order valence-corrected chi connectivity index (χ1v) is 23.0. The zero-order chi connectivity index (χ0) is 43.6. The quantitative estimate of drug-likeness (QED) is 0.161. The molecule has 0 atom stereocenters. The van der Waals surface area contributed by atoms with Gasteiger partial charge in [0.05, 0.1) is 0 Å². The number of rotatable bonds is 6. The summed E-state index contributed by atoms with van der Waals surface area (Å²) in [4.78, 5) is 2.51. The maximum atomic E-state index is 2.51. The zero-order valence-corrected chi connectivity index (χ0v) is 37.2. The van der Waals surface area contributed by atoms with Crippen molar-refractivity contribution >= 4 is 27.8 Å². The molecular weight excluding hydrogens is 783 g/mol. The Labute approximate surface area is 382 Å². The number of hydrogen-bond donors (Lipinski definition) is 0. The minimum atomic E-state index is -0.139. The Bertz CT molecular complexity index is 3480. The van der Waals surface area contributed by atoms with Crippen molar-refractivity contribution < 1.29 is 0 Å². The summed E-state index contributed by atoms with van der Waals surface area (Å²) in [6.07, 6.45) is 0. The lowest BCUT2D eigenvalue weighted by atomic mass is 9.82. The highest BCUT2D eigenvalue weighted by atomic mass is 15.1. The molecule has 3 aliphatic rings. The summed E-state index contributed by atoms with van der Waals surface area (Å²) in [7, 11) is 0. The van der Waals surface area contributed by atoms with Crippen molar-refractivity contribution in [2.45, 2.75) is 38.5 Å². The molecule has 3 aliphatic carbocycles. The second kappa shape index (κ2) is 13.9. The highest BCUT2D eigenvalue weighted by Crippen LogP contribution is 2.58. The van der Waals surface area contributed by atoms with Crippen LogP contribution in [0, 0.1) is 0 Å². The van der Waals surface area contributed by atoms with Gasteiger partial charge in [0.15, 0.2) is 0 Å². The number of hydrogen-bond acceptors (Lipinski definition) is 1. The van der Waals surface area contributed by atoms with E-state index in [9.17, 15) is 0 Å². The Hall–Kier alpha value is -7.74. The van der Waals surface area contributed by atoms with Crippen molar-refractivity contribution in [2.75, 3.05) is 4.90 Å². The molecule has 308 valence electrons. The molecule has 13 rings (SSSR count). The SMILES string of the molecule is CC1(C)c2ccccc2-c2ccc(N(c3cccc(-c4cc(-c5ccccc5)c5c(c4-c4ccccc4)-c4cccc6cccc-5c46)c3)c3ccc4c(c3)C(C)(C)c3ccccc3-4)cc21. The van der Waals surface area contributed by atoms with Gasteiger partial charge >= 0.3 is 0 Å². The molecule has 0 spiro atoms. The van der Waals surface area contributed by atoms with Crippen molar-refractivity contribution in [1.82, 2.24) is 0 Å². The Balaban J connectivity index is 1.07. The van der Waals surface area contributed by atoms with E-state index in [2.05, 4.69) is 245 Å². The van der Waals surface area contributed by atoms with Crippen LogP contribution in [-0.2, 0) is 10.8 Å². The van der Waals surface area contributed by atoms with E-state index >= 15 is 0 Å². The van der Waals surface area contributed by atoms with Gasteiger partial charge in [-0.3, -0.25) is 0 Å². The van der Waals surface area contributed by atoms with E-state index in [1.807, 2.05) is 0 Å². The molecule has 0 N–H and O–H groups in total. The average molecular weight is 830 g/mol. The molecular formula is C64H47N. The van der Waals surface area contributed by atoms with Crippen molar-refractivity contribution in [1.29, 1.82) is 0 Å². The fourth-order valence-corrected chi connectivity index (χ4v) is 11.9. The van der Waals surface area contributed by atoms with Crippen LogP contribution in [0.2, 0.25) is 0 Å². The smallest absolute Gasteiger partial charge is 0.0467 e. The third kappa shape index (κ3) is 5.45. The molecule has 0 aromatic heterocycles. The fraction of sp³-hybridized carbons (Fsp3) is 0.0938. The lowest BCUT2D eigenvalue weighted by Gasteiger charge is -2.30. The number of benzene rings is 10.